The van der Waals surface area contributed by atoms with Gasteiger partial charge in [0.1, 0.15) is 5.56 Å². The maximum Gasteiger partial charge on any atom is 0.263 e. The van der Waals surface area contributed by atoms with Crippen LogP contribution in [0.5, 0.6) is 0 Å². The number of nitrogens with zero attached hydrogens (tertiary/aromatic N) is 1. The van der Waals surface area contributed by atoms with Gasteiger partial charge in [-0.3, -0.25) is 9.59 Å². The SMILES string of the molecule is O=C(NCc1ccccc1)c1cccn(Cc2c(Cl)cccc2Cl)c1=O. The summed E-state index contributed by atoms with van der Waals surface area (Å²) in [4.78, 5) is 25.1. The van der Waals surface area contributed by atoms with E-state index in [2.05, 4.69) is 5.32 Å². The van der Waals surface area contributed by atoms with E-state index < -0.39 is 11.5 Å². The van der Waals surface area contributed by atoms with E-state index in [1.807, 2.05) is 30.3 Å². The molecule has 4 nitrogen and oxygen atoms in total. The molecule has 1 aromatic heterocycles. The molecule has 0 saturated carbocycles. The Morgan fingerprint density at radius 2 is 1.62 bits per heavy atom. The highest BCUT2D eigenvalue weighted by atomic mass is 35.5. The van der Waals surface area contributed by atoms with Crippen molar-refractivity contribution < 1.29 is 4.79 Å². The largest absolute Gasteiger partial charge is 0.348 e. The summed E-state index contributed by atoms with van der Waals surface area (Å²) in [6.45, 7) is 0.543. The molecule has 0 radical (unpaired) electrons. The average molecular weight is 387 g/mol. The number of halogens is 2. The number of nitrogens with one attached hydrogen (secondary N) is 1. The Bertz CT molecular complexity index is 964. The molecule has 0 atom stereocenters. The fourth-order valence-electron chi connectivity index (χ4n) is 2.56. The van der Waals surface area contributed by atoms with Gasteiger partial charge in [-0.25, -0.2) is 0 Å². The van der Waals surface area contributed by atoms with E-state index in [0.717, 1.165) is 5.56 Å². The smallest absolute Gasteiger partial charge is 0.263 e. The van der Waals surface area contributed by atoms with Crippen molar-refractivity contribution in [2.75, 3.05) is 0 Å². The number of carbonyl (C=O) groups is 1. The third-order valence-corrected chi connectivity index (χ3v) is 4.66. The summed E-state index contributed by atoms with van der Waals surface area (Å²) in [6.07, 6.45) is 1.61. The molecule has 6 heteroatoms. The lowest BCUT2D eigenvalue weighted by atomic mass is 10.2. The molecular formula is C20H16Cl2N2O2. The molecule has 3 aromatic rings. The molecule has 0 aliphatic heterocycles. The van der Waals surface area contributed by atoms with Crippen LogP contribution >= 0.6 is 23.2 Å². The van der Waals surface area contributed by atoms with Crippen LogP contribution in [0.25, 0.3) is 0 Å². The molecule has 1 amide bonds. The van der Waals surface area contributed by atoms with Crippen LogP contribution in [0, 0.1) is 0 Å². The van der Waals surface area contributed by atoms with E-state index in [1.54, 1.807) is 30.5 Å². The van der Waals surface area contributed by atoms with Crippen molar-refractivity contribution in [2.24, 2.45) is 0 Å². The maximum absolute atomic E-state index is 12.7. The summed E-state index contributed by atoms with van der Waals surface area (Å²) in [5.74, 6) is -0.418. The lowest BCUT2D eigenvalue weighted by Gasteiger charge is -2.11. The van der Waals surface area contributed by atoms with Gasteiger partial charge >= 0.3 is 0 Å². The van der Waals surface area contributed by atoms with Crippen LogP contribution in [-0.2, 0) is 13.1 Å². The molecule has 132 valence electrons. The second kappa shape index (κ2) is 8.21. The van der Waals surface area contributed by atoms with Gasteiger partial charge in [-0.1, -0.05) is 59.6 Å². The Hall–Kier alpha value is -2.56. The maximum atomic E-state index is 12.7. The third-order valence-electron chi connectivity index (χ3n) is 3.95. The van der Waals surface area contributed by atoms with Crippen molar-refractivity contribution in [1.82, 2.24) is 9.88 Å². The predicted molar refractivity (Wildman–Crippen MR) is 104 cm³/mol. The summed E-state index contributed by atoms with van der Waals surface area (Å²) in [7, 11) is 0. The molecule has 0 spiro atoms. The molecule has 1 heterocycles. The molecule has 0 saturated heterocycles. The van der Waals surface area contributed by atoms with Crippen LogP contribution in [0.4, 0.5) is 0 Å². The molecule has 0 aliphatic rings. The number of benzene rings is 2. The van der Waals surface area contributed by atoms with Crippen LogP contribution in [0.3, 0.4) is 0 Å². The van der Waals surface area contributed by atoms with E-state index in [0.29, 0.717) is 22.2 Å². The number of pyridine rings is 1. The third kappa shape index (κ3) is 4.15. The summed E-state index contributed by atoms with van der Waals surface area (Å²) in [5, 5.41) is 3.72. The van der Waals surface area contributed by atoms with E-state index in [9.17, 15) is 9.59 Å². The fourth-order valence-corrected chi connectivity index (χ4v) is 3.08. The van der Waals surface area contributed by atoms with Crippen LogP contribution < -0.4 is 10.9 Å². The first-order valence-corrected chi connectivity index (χ1v) is 8.76. The zero-order valence-corrected chi connectivity index (χ0v) is 15.3. The van der Waals surface area contributed by atoms with Gasteiger partial charge in [0.2, 0.25) is 0 Å². The monoisotopic (exact) mass is 386 g/mol. The topological polar surface area (TPSA) is 51.1 Å². The predicted octanol–water partition coefficient (Wildman–Crippen LogP) is 4.13. The number of amides is 1. The Balaban J connectivity index is 1.81. The summed E-state index contributed by atoms with van der Waals surface area (Å²) in [6, 6.07) is 17.8. The summed E-state index contributed by atoms with van der Waals surface area (Å²) < 4.78 is 1.42. The van der Waals surface area contributed by atoms with Crippen molar-refractivity contribution in [3.05, 3.63) is 104 Å². The second-order valence-electron chi connectivity index (χ2n) is 5.72. The van der Waals surface area contributed by atoms with Crippen LogP contribution in [0.15, 0.2) is 71.7 Å². The molecule has 1 N–H and O–H groups in total. The van der Waals surface area contributed by atoms with Gasteiger partial charge in [0.15, 0.2) is 0 Å². The highest BCUT2D eigenvalue weighted by Gasteiger charge is 2.14. The fraction of sp³-hybridized carbons (Fsp3) is 0.100. The first-order valence-electron chi connectivity index (χ1n) is 8.00. The Morgan fingerprint density at radius 3 is 2.31 bits per heavy atom. The molecule has 0 unspecified atom stereocenters. The van der Waals surface area contributed by atoms with Crippen molar-refractivity contribution in [2.45, 2.75) is 13.1 Å². The lowest BCUT2D eigenvalue weighted by Crippen LogP contribution is -2.32. The van der Waals surface area contributed by atoms with Gasteiger partial charge in [0, 0.05) is 28.4 Å². The van der Waals surface area contributed by atoms with Crippen molar-refractivity contribution in [3.63, 3.8) is 0 Å². The number of hydrogen-bond acceptors (Lipinski definition) is 2. The second-order valence-corrected chi connectivity index (χ2v) is 6.54. The normalized spacial score (nSPS) is 10.5. The highest BCUT2D eigenvalue weighted by molar-refractivity contribution is 6.35. The van der Waals surface area contributed by atoms with Gasteiger partial charge < -0.3 is 9.88 Å². The molecule has 26 heavy (non-hydrogen) atoms. The quantitative estimate of drug-likeness (QED) is 0.716. The Morgan fingerprint density at radius 1 is 0.923 bits per heavy atom. The van der Waals surface area contributed by atoms with Crippen LogP contribution in [-0.4, -0.2) is 10.5 Å². The van der Waals surface area contributed by atoms with Crippen LogP contribution in [0.1, 0.15) is 21.5 Å². The van der Waals surface area contributed by atoms with Gasteiger partial charge in [-0.05, 0) is 29.8 Å². The van der Waals surface area contributed by atoms with Crippen molar-refractivity contribution >= 4 is 29.1 Å². The molecular weight excluding hydrogens is 371 g/mol. The lowest BCUT2D eigenvalue weighted by molar-refractivity contribution is 0.0949. The zero-order valence-electron chi connectivity index (χ0n) is 13.8. The molecule has 0 fully saturated rings. The van der Waals surface area contributed by atoms with E-state index >= 15 is 0 Å². The number of aromatic nitrogens is 1. The molecule has 0 aliphatic carbocycles. The van der Waals surface area contributed by atoms with Gasteiger partial charge in [0.05, 0.1) is 6.54 Å². The number of carbonyl (C=O) groups excluding carboxylic acids is 1. The van der Waals surface area contributed by atoms with Gasteiger partial charge in [-0.2, -0.15) is 0 Å². The van der Waals surface area contributed by atoms with E-state index in [-0.39, 0.29) is 12.1 Å². The standard InChI is InChI=1S/C20H16Cl2N2O2/c21-17-9-4-10-18(22)16(17)13-24-11-5-8-15(20(24)26)19(25)23-12-14-6-2-1-3-7-14/h1-11H,12-13H2,(H,23,25). The van der Waals surface area contributed by atoms with E-state index in [4.69, 9.17) is 23.2 Å². The molecule has 0 bridgehead atoms. The Labute approximate surface area is 161 Å². The minimum absolute atomic E-state index is 0.0756. The minimum atomic E-state index is -0.418. The highest BCUT2D eigenvalue weighted by Crippen LogP contribution is 2.24. The summed E-state index contributed by atoms with van der Waals surface area (Å²) in [5.41, 5.74) is 1.28. The zero-order chi connectivity index (χ0) is 18.5. The van der Waals surface area contributed by atoms with Crippen molar-refractivity contribution in [3.8, 4) is 0 Å². The number of hydrogen-bond donors (Lipinski definition) is 1. The first-order chi connectivity index (χ1) is 12.6. The molecule has 2 aromatic carbocycles. The minimum Gasteiger partial charge on any atom is -0.348 e. The van der Waals surface area contributed by atoms with E-state index in [1.165, 1.54) is 10.6 Å². The van der Waals surface area contributed by atoms with Crippen LogP contribution in [0.2, 0.25) is 10.0 Å². The summed E-state index contributed by atoms with van der Waals surface area (Å²) >= 11 is 12.3. The van der Waals surface area contributed by atoms with Crippen molar-refractivity contribution in [1.29, 1.82) is 0 Å². The van der Waals surface area contributed by atoms with Gasteiger partial charge in [0.25, 0.3) is 11.5 Å². The average Bonchev–Trinajstić information content (AvgIpc) is 2.65. The van der Waals surface area contributed by atoms with Gasteiger partial charge in [-0.15, -0.1) is 0 Å². The Kier molecular flexibility index (Phi) is 5.76. The number of rotatable bonds is 5. The first kappa shape index (κ1) is 18.2. The molecule has 3 rings (SSSR count).